The SMILES string of the molecule is CC(C)(C)c1cc(Br)ccc1OCC(=O)Oc1ccc2cc(C(=O)NCc3ccccc3)c(=O)oc2c1. The second-order valence-electron chi connectivity index (χ2n) is 9.47. The molecule has 37 heavy (non-hydrogen) atoms. The standard InChI is InChI=1S/C29H26BrNO6/c1-29(2,3)23-14-20(30)10-12-24(23)35-17-26(32)36-21-11-9-19-13-22(28(34)37-25(19)15-21)27(33)31-16-18-7-5-4-6-8-18/h4-15H,16-17H2,1-3H3,(H,31,33). The van der Waals surface area contributed by atoms with Crippen molar-refractivity contribution in [3.05, 3.63) is 104 Å². The summed E-state index contributed by atoms with van der Waals surface area (Å²) in [5.41, 5.74) is 0.979. The molecule has 0 aliphatic rings. The Balaban J connectivity index is 1.43. The smallest absolute Gasteiger partial charge is 0.349 e. The van der Waals surface area contributed by atoms with Gasteiger partial charge in [0.1, 0.15) is 22.6 Å². The van der Waals surface area contributed by atoms with Gasteiger partial charge in [-0.2, -0.15) is 0 Å². The fourth-order valence-corrected chi connectivity index (χ4v) is 4.06. The number of carbonyl (C=O) groups is 2. The Labute approximate surface area is 222 Å². The topological polar surface area (TPSA) is 94.8 Å². The van der Waals surface area contributed by atoms with Crippen LogP contribution < -0.4 is 20.4 Å². The van der Waals surface area contributed by atoms with Crippen molar-refractivity contribution in [1.29, 1.82) is 0 Å². The average Bonchev–Trinajstić information content (AvgIpc) is 2.86. The van der Waals surface area contributed by atoms with Gasteiger partial charge >= 0.3 is 11.6 Å². The molecule has 0 unspecified atom stereocenters. The van der Waals surface area contributed by atoms with Gasteiger partial charge in [-0.05, 0) is 47.4 Å². The third kappa shape index (κ3) is 6.65. The van der Waals surface area contributed by atoms with Crippen molar-refractivity contribution in [2.45, 2.75) is 32.7 Å². The highest BCUT2D eigenvalue weighted by atomic mass is 79.9. The number of benzene rings is 3. The molecule has 0 saturated carbocycles. The van der Waals surface area contributed by atoms with Crippen molar-refractivity contribution in [2.75, 3.05) is 6.61 Å². The molecule has 0 aliphatic heterocycles. The van der Waals surface area contributed by atoms with E-state index in [1.54, 1.807) is 18.2 Å². The van der Waals surface area contributed by atoms with Crippen molar-refractivity contribution in [2.24, 2.45) is 0 Å². The summed E-state index contributed by atoms with van der Waals surface area (Å²) in [6.07, 6.45) is 0. The molecule has 0 radical (unpaired) electrons. The van der Waals surface area contributed by atoms with Gasteiger partial charge in [0.15, 0.2) is 6.61 Å². The Morgan fingerprint density at radius 1 is 0.973 bits per heavy atom. The summed E-state index contributed by atoms with van der Waals surface area (Å²) in [7, 11) is 0. The fraction of sp³-hybridized carbons (Fsp3) is 0.207. The summed E-state index contributed by atoms with van der Waals surface area (Å²) < 4.78 is 17.4. The Bertz CT molecular complexity index is 1500. The van der Waals surface area contributed by atoms with Crippen LogP contribution in [0.5, 0.6) is 11.5 Å². The first-order valence-corrected chi connectivity index (χ1v) is 12.4. The highest BCUT2D eigenvalue weighted by Gasteiger charge is 2.20. The van der Waals surface area contributed by atoms with E-state index in [1.165, 1.54) is 12.1 Å². The number of rotatable bonds is 7. The number of carbonyl (C=O) groups excluding carboxylic acids is 2. The fourth-order valence-electron chi connectivity index (χ4n) is 3.70. The molecule has 0 bridgehead atoms. The van der Waals surface area contributed by atoms with Gasteiger partial charge in [-0.1, -0.05) is 67.0 Å². The zero-order valence-electron chi connectivity index (χ0n) is 20.7. The minimum Gasteiger partial charge on any atom is -0.482 e. The lowest BCUT2D eigenvalue weighted by atomic mass is 9.86. The molecule has 1 aromatic heterocycles. The van der Waals surface area contributed by atoms with Gasteiger partial charge in [0.05, 0.1) is 0 Å². The van der Waals surface area contributed by atoms with Gasteiger partial charge in [0, 0.05) is 28.0 Å². The van der Waals surface area contributed by atoms with Crippen LogP contribution in [0, 0.1) is 0 Å². The monoisotopic (exact) mass is 563 g/mol. The zero-order chi connectivity index (χ0) is 26.6. The van der Waals surface area contributed by atoms with Crippen LogP contribution in [0.4, 0.5) is 0 Å². The number of fused-ring (bicyclic) bond motifs is 1. The van der Waals surface area contributed by atoms with Crippen LogP contribution in [0.15, 0.2) is 86.5 Å². The minimum absolute atomic E-state index is 0.106. The molecule has 1 heterocycles. The minimum atomic E-state index is -0.783. The lowest BCUT2D eigenvalue weighted by molar-refractivity contribution is -0.136. The normalized spacial score (nSPS) is 11.2. The Kier molecular flexibility index (Phi) is 7.78. The van der Waals surface area contributed by atoms with Gasteiger partial charge in [0.2, 0.25) is 0 Å². The van der Waals surface area contributed by atoms with E-state index in [9.17, 15) is 14.4 Å². The van der Waals surface area contributed by atoms with E-state index >= 15 is 0 Å². The van der Waals surface area contributed by atoms with Gasteiger partial charge in [0.25, 0.3) is 5.91 Å². The first-order chi connectivity index (χ1) is 17.6. The van der Waals surface area contributed by atoms with Crippen molar-refractivity contribution >= 4 is 38.8 Å². The quantitative estimate of drug-likeness (QED) is 0.174. The van der Waals surface area contributed by atoms with Crippen LogP contribution in [0.1, 0.15) is 42.3 Å². The maximum Gasteiger partial charge on any atom is 0.349 e. The van der Waals surface area contributed by atoms with E-state index in [0.29, 0.717) is 11.1 Å². The summed E-state index contributed by atoms with van der Waals surface area (Å²) in [6.45, 7) is 6.16. The lowest BCUT2D eigenvalue weighted by Crippen LogP contribution is -2.27. The van der Waals surface area contributed by atoms with Crippen LogP contribution >= 0.6 is 15.9 Å². The maximum absolute atomic E-state index is 12.5. The molecular formula is C29H26BrNO6. The lowest BCUT2D eigenvalue weighted by Gasteiger charge is -2.23. The molecule has 4 aromatic rings. The van der Waals surface area contributed by atoms with Gasteiger partial charge in [-0.25, -0.2) is 9.59 Å². The van der Waals surface area contributed by atoms with Crippen LogP contribution in [0.2, 0.25) is 0 Å². The van der Waals surface area contributed by atoms with E-state index in [4.69, 9.17) is 13.9 Å². The second kappa shape index (κ2) is 11.0. The van der Waals surface area contributed by atoms with Crippen LogP contribution in [-0.4, -0.2) is 18.5 Å². The molecule has 0 saturated heterocycles. The molecule has 0 atom stereocenters. The maximum atomic E-state index is 12.5. The predicted molar refractivity (Wildman–Crippen MR) is 144 cm³/mol. The Morgan fingerprint density at radius 3 is 2.46 bits per heavy atom. The number of esters is 1. The van der Waals surface area contributed by atoms with Crippen LogP contribution in [0.3, 0.4) is 0 Å². The third-order valence-corrected chi connectivity index (χ3v) is 6.07. The molecule has 1 N–H and O–H groups in total. The number of amides is 1. The van der Waals surface area contributed by atoms with E-state index < -0.39 is 17.5 Å². The number of nitrogens with one attached hydrogen (secondary N) is 1. The van der Waals surface area contributed by atoms with E-state index in [1.807, 2.05) is 42.5 Å². The van der Waals surface area contributed by atoms with E-state index in [0.717, 1.165) is 15.6 Å². The largest absolute Gasteiger partial charge is 0.482 e. The molecule has 190 valence electrons. The molecule has 0 aliphatic carbocycles. The Hall–Kier alpha value is -3.91. The van der Waals surface area contributed by atoms with Crippen LogP contribution in [-0.2, 0) is 16.8 Å². The Morgan fingerprint density at radius 2 is 1.73 bits per heavy atom. The first-order valence-electron chi connectivity index (χ1n) is 11.6. The third-order valence-electron chi connectivity index (χ3n) is 5.57. The van der Waals surface area contributed by atoms with Crippen molar-refractivity contribution in [1.82, 2.24) is 5.32 Å². The molecule has 0 spiro atoms. The van der Waals surface area contributed by atoms with Gasteiger partial charge in [-0.3, -0.25) is 4.79 Å². The summed E-state index contributed by atoms with van der Waals surface area (Å²) in [6, 6.07) is 21.0. The molecule has 1 amide bonds. The molecule has 0 fully saturated rings. The predicted octanol–water partition coefficient (Wildman–Crippen LogP) is 5.77. The molecule has 8 heteroatoms. The van der Waals surface area contributed by atoms with E-state index in [-0.39, 0.29) is 35.5 Å². The van der Waals surface area contributed by atoms with Crippen molar-refractivity contribution in [3.63, 3.8) is 0 Å². The van der Waals surface area contributed by atoms with E-state index in [2.05, 4.69) is 42.0 Å². The second-order valence-corrected chi connectivity index (χ2v) is 10.4. The number of hydrogen-bond acceptors (Lipinski definition) is 6. The first kappa shape index (κ1) is 26.2. The van der Waals surface area contributed by atoms with Crippen molar-refractivity contribution in [3.8, 4) is 11.5 Å². The van der Waals surface area contributed by atoms with Gasteiger partial charge < -0.3 is 19.2 Å². The summed E-state index contributed by atoms with van der Waals surface area (Å²) >= 11 is 3.47. The molecule has 4 rings (SSSR count). The highest BCUT2D eigenvalue weighted by molar-refractivity contribution is 9.10. The average molecular weight is 564 g/mol. The molecular weight excluding hydrogens is 538 g/mol. The summed E-state index contributed by atoms with van der Waals surface area (Å²) in [5, 5.41) is 3.24. The summed E-state index contributed by atoms with van der Waals surface area (Å²) in [5.74, 6) is -0.358. The van der Waals surface area contributed by atoms with Gasteiger partial charge in [-0.15, -0.1) is 0 Å². The zero-order valence-corrected chi connectivity index (χ0v) is 22.3. The summed E-state index contributed by atoms with van der Waals surface area (Å²) in [4.78, 5) is 37.4. The molecule has 7 nitrogen and oxygen atoms in total. The van der Waals surface area contributed by atoms with Crippen LogP contribution in [0.25, 0.3) is 11.0 Å². The number of halogens is 1. The molecule has 3 aromatic carbocycles. The van der Waals surface area contributed by atoms with Crippen molar-refractivity contribution < 1.29 is 23.5 Å². The number of hydrogen-bond donors (Lipinski definition) is 1. The number of ether oxygens (including phenoxy) is 2. The highest BCUT2D eigenvalue weighted by Crippen LogP contribution is 2.33.